The summed E-state index contributed by atoms with van der Waals surface area (Å²) in [5.41, 5.74) is 2.32. The van der Waals surface area contributed by atoms with Crippen LogP contribution in [-0.2, 0) is 31.6 Å². The van der Waals surface area contributed by atoms with Crippen LogP contribution in [0.1, 0.15) is 41.1 Å². The zero-order valence-electron chi connectivity index (χ0n) is 25.1. The Kier molecular flexibility index (Phi) is 10.6. The molecule has 0 radical (unpaired) electrons. The number of carbonyl (C=O) groups excluding carboxylic acids is 3. The SMILES string of the molecule is [C-]#[N+]c1ccccc1CS(=O)(=O)C[C@H](NC(=O)C1CCNCC1)C(=O)N[C@@H](CCc1ccccc1)C(=O)c1nc2ccccc2o1. The van der Waals surface area contributed by atoms with Crippen LogP contribution in [-0.4, -0.2) is 61.9 Å². The quantitative estimate of drug-likeness (QED) is 0.147. The average molecular weight is 642 g/mol. The third kappa shape index (κ3) is 8.44. The second-order valence-electron chi connectivity index (χ2n) is 11.3. The number of hydrogen-bond acceptors (Lipinski definition) is 8. The third-order valence-electron chi connectivity index (χ3n) is 7.95. The van der Waals surface area contributed by atoms with E-state index in [0.29, 0.717) is 49.0 Å². The van der Waals surface area contributed by atoms with Crippen molar-refractivity contribution < 1.29 is 27.2 Å². The third-order valence-corrected chi connectivity index (χ3v) is 9.55. The molecule has 0 aliphatic carbocycles. The fourth-order valence-corrected chi connectivity index (χ4v) is 7.05. The highest BCUT2D eigenvalue weighted by Gasteiger charge is 2.34. The molecule has 46 heavy (non-hydrogen) atoms. The van der Waals surface area contributed by atoms with Crippen LogP contribution in [0.4, 0.5) is 5.69 Å². The lowest BCUT2D eigenvalue weighted by molar-refractivity contribution is -0.131. The van der Waals surface area contributed by atoms with Crippen LogP contribution in [0.3, 0.4) is 0 Å². The molecule has 0 unspecified atom stereocenters. The van der Waals surface area contributed by atoms with Gasteiger partial charge in [-0.1, -0.05) is 66.7 Å². The summed E-state index contributed by atoms with van der Waals surface area (Å²) in [5, 5.41) is 8.57. The van der Waals surface area contributed by atoms with Crippen molar-refractivity contribution in [2.75, 3.05) is 18.8 Å². The van der Waals surface area contributed by atoms with Crippen LogP contribution in [0.2, 0.25) is 0 Å². The molecule has 1 saturated heterocycles. The zero-order chi connectivity index (χ0) is 32.5. The lowest BCUT2D eigenvalue weighted by atomic mass is 9.97. The van der Waals surface area contributed by atoms with Crippen LogP contribution >= 0.6 is 0 Å². The van der Waals surface area contributed by atoms with E-state index < -0.39 is 56.9 Å². The van der Waals surface area contributed by atoms with E-state index in [0.717, 1.165) is 5.56 Å². The fraction of sp³-hybridized carbons (Fsp3) is 0.324. The van der Waals surface area contributed by atoms with E-state index in [9.17, 15) is 22.8 Å². The summed E-state index contributed by atoms with van der Waals surface area (Å²) in [6, 6.07) is 20.1. The lowest BCUT2D eigenvalue weighted by Crippen LogP contribution is -2.55. The molecule has 2 heterocycles. The Morgan fingerprint density at radius 2 is 1.63 bits per heavy atom. The highest BCUT2D eigenvalue weighted by Crippen LogP contribution is 2.22. The minimum atomic E-state index is -4.02. The number of nitrogens with one attached hydrogen (secondary N) is 3. The van der Waals surface area contributed by atoms with Crippen molar-refractivity contribution in [2.45, 2.75) is 43.5 Å². The zero-order valence-corrected chi connectivity index (χ0v) is 26.0. The first-order chi connectivity index (χ1) is 22.2. The van der Waals surface area contributed by atoms with Crippen molar-refractivity contribution in [1.29, 1.82) is 0 Å². The molecule has 12 heteroatoms. The molecule has 2 atom stereocenters. The fourth-order valence-electron chi connectivity index (χ4n) is 5.47. The first-order valence-electron chi connectivity index (χ1n) is 15.1. The van der Waals surface area contributed by atoms with Crippen molar-refractivity contribution >= 4 is 44.2 Å². The van der Waals surface area contributed by atoms with Gasteiger partial charge in [0.05, 0.1) is 24.1 Å². The van der Waals surface area contributed by atoms with Crippen LogP contribution in [0.5, 0.6) is 0 Å². The molecule has 3 N–H and O–H groups in total. The number of fused-ring (bicyclic) bond motifs is 1. The van der Waals surface area contributed by atoms with E-state index in [1.165, 1.54) is 6.07 Å². The first-order valence-corrected chi connectivity index (χ1v) is 17.0. The highest BCUT2D eigenvalue weighted by molar-refractivity contribution is 7.90. The van der Waals surface area contributed by atoms with Crippen LogP contribution < -0.4 is 16.0 Å². The van der Waals surface area contributed by atoms with Gasteiger partial charge >= 0.3 is 0 Å². The molecule has 238 valence electrons. The molecule has 4 aromatic rings. The summed E-state index contributed by atoms with van der Waals surface area (Å²) >= 11 is 0. The number of hydrogen-bond donors (Lipinski definition) is 3. The minimum absolute atomic E-state index is 0.174. The summed E-state index contributed by atoms with van der Waals surface area (Å²) in [7, 11) is -4.02. The minimum Gasteiger partial charge on any atom is -0.434 e. The standard InChI is InChI=1S/C34H35N5O6S/c1-35-26-12-6-5-11-25(26)21-46(43,44)22-29(38-32(41)24-17-19-36-20-18-24)33(42)37-28(16-15-23-9-3-2-4-10-23)31(40)34-39-27-13-7-8-14-30(27)45-34/h2-14,24,28-29,36H,15-22H2,(H,37,42)(H,38,41)/t28-,29-/m0/s1. The Bertz CT molecular complexity index is 1810. The second-order valence-corrected chi connectivity index (χ2v) is 13.4. The Morgan fingerprint density at radius 3 is 2.37 bits per heavy atom. The van der Waals surface area contributed by atoms with Crippen molar-refractivity contribution in [3.8, 4) is 0 Å². The monoisotopic (exact) mass is 641 g/mol. The number of Topliss-reactive ketones (excluding diaryl/α,β-unsaturated/α-hetero) is 1. The maximum Gasteiger partial charge on any atom is 0.266 e. The number of ketones is 1. The van der Waals surface area contributed by atoms with E-state index in [1.54, 1.807) is 42.5 Å². The van der Waals surface area contributed by atoms with E-state index >= 15 is 0 Å². The van der Waals surface area contributed by atoms with Gasteiger partial charge in [-0.25, -0.2) is 18.2 Å². The van der Waals surface area contributed by atoms with Gasteiger partial charge in [0.2, 0.25) is 17.6 Å². The Hall–Kier alpha value is -4.86. The smallest absolute Gasteiger partial charge is 0.266 e. The van der Waals surface area contributed by atoms with E-state index in [1.807, 2.05) is 30.3 Å². The summed E-state index contributed by atoms with van der Waals surface area (Å²) < 4.78 is 32.6. The highest BCUT2D eigenvalue weighted by atomic mass is 32.2. The Balaban J connectivity index is 1.40. The predicted octanol–water partition coefficient (Wildman–Crippen LogP) is 3.78. The maximum absolute atomic E-state index is 13.9. The molecule has 1 aliphatic heterocycles. The number of sulfone groups is 1. The summed E-state index contributed by atoms with van der Waals surface area (Å²) in [6.07, 6.45) is 1.69. The molecule has 0 saturated carbocycles. The molecular weight excluding hydrogens is 606 g/mol. The number of aryl methyl sites for hydroxylation is 1. The normalized spacial score (nSPS) is 15.0. The second kappa shape index (κ2) is 14.9. The van der Waals surface area contributed by atoms with Gasteiger partial charge in [0.1, 0.15) is 11.6 Å². The van der Waals surface area contributed by atoms with Gasteiger partial charge in [-0.3, -0.25) is 14.4 Å². The number of aromatic nitrogens is 1. The number of nitrogens with zero attached hydrogens (tertiary/aromatic N) is 2. The molecule has 1 aromatic heterocycles. The maximum atomic E-state index is 13.9. The van der Waals surface area contributed by atoms with Gasteiger partial charge in [0.15, 0.2) is 21.1 Å². The lowest BCUT2D eigenvalue weighted by Gasteiger charge is -2.26. The topological polar surface area (TPSA) is 152 Å². The summed E-state index contributed by atoms with van der Waals surface area (Å²) in [5.74, 6) is -3.59. The average Bonchev–Trinajstić information content (AvgIpc) is 3.51. The van der Waals surface area contributed by atoms with Gasteiger partial charge in [-0.2, -0.15) is 0 Å². The molecule has 0 bridgehead atoms. The van der Waals surface area contributed by atoms with Crippen molar-refractivity contribution in [1.82, 2.24) is 20.9 Å². The molecule has 1 fully saturated rings. The van der Waals surface area contributed by atoms with E-state index in [-0.39, 0.29) is 18.0 Å². The van der Waals surface area contributed by atoms with Crippen LogP contribution in [0.25, 0.3) is 15.9 Å². The number of amides is 2. The molecule has 5 rings (SSSR count). The number of oxazole rings is 1. The molecular formula is C34H35N5O6S. The molecule has 2 amide bonds. The molecule has 0 spiro atoms. The van der Waals surface area contributed by atoms with Gasteiger partial charge in [-0.15, -0.1) is 0 Å². The van der Waals surface area contributed by atoms with Crippen molar-refractivity contribution in [3.05, 3.63) is 107 Å². The molecule has 3 aromatic carbocycles. The number of carbonyl (C=O) groups is 3. The van der Waals surface area contributed by atoms with Crippen molar-refractivity contribution in [3.63, 3.8) is 0 Å². The van der Waals surface area contributed by atoms with E-state index in [2.05, 4.69) is 25.8 Å². The number of benzene rings is 3. The molecule has 1 aliphatic rings. The summed E-state index contributed by atoms with van der Waals surface area (Å²) in [6.45, 7) is 8.64. The van der Waals surface area contributed by atoms with Crippen molar-refractivity contribution in [2.24, 2.45) is 5.92 Å². The van der Waals surface area contributed by atoms with Crippen LogP contribution in [0.15, 0.2) is 83.3 Å². The number of rotatable bonds is 13. The van der Waals surface area contributed by atoms with Crippen LogP contribution in [0, 0.1) is 12.5 Å². The number of piperidine rings is 1. The van der Waals surface area contributed by atoms with Gasteiger partial charge in [0, 0.05) is 5.92 Å². The first kappa shape index (κ1) is 32.5. The van der Waals surface area contributed by atoms with E-state index in [4.69, 9.17) is 11.0 Å². The summed E-state index contributed by atoms with van der Waals surface area (Å²) in [4.78, 5) is 48.6. The number of para-hydroxylation sites is 3. The Labute approximate surface area is 267 Å². The Morgan fingerprint density at radius 1 is 0.935 bits per heavy atom. The largest absolute Gasteiger partial charge is 0.434 e. The predicted molar refractivity (Wildman–Crippen MR) is 173 cm³/mol. The molecule has 11 nitrogen and oxygen atoms in total. The van der Waals surface area contributed by atoms with Gasteiger partial charge in [-0.05, 0) is 62.0 Å². The van der Waals surface area contributed by atoms with Gasteiger partial charge < -0.3 is 20.4 Å². The van der Waals surface area contributed by atoms with Gasteiger partial charge in [0.25, 0.3) is 5.89 Å².